The van der Waals surface area contributed by atoms with E-state index in [2.05, 4.69) is 11.2 Å². The Hall–Kier alpha value is -1.64. The first-order valence-corrected chi connectivity index (χ1v) is 3.87. The number of nitrogens with zero attached hydrogens (tertiary/aromatic N) is 1. The second kappa shape index (κ2) is 3.01. The molecule has 3 heteroatoms. The van der Waals surface area contributed by atoms with Crippen LogP contribution in [-0.2, 0) is 0 Å². The zero-order valence-corrected chi connectivity index (χ0v) is 7.04. The summed E-state index contributed by atoms with van der Waals surface area (Å²) >= 11 is 0. The summed E-state index contributed by atoms with van der Waals surface area (Å²) in [6.45, 7) is 1.79. The quantitative estimate of drug-likeness (QED) is 0.667. The summed E-state index contributed by atoms with van der Waals surface area (Å²) in [5, 5.41) is 3.67. The molecule has 65 valence electrons. The minimum Gasteiger partial charge on any atom is -0.356 e. The van der Waals surface area contributed by atoms with Crippen LogP contribution >= 0.6 is 0 Å². The molecular formula is C10H7FNO. The highest BCUT2D eigenvalue weighted by Crippen LogP contribution is 2.22. The number of aromatic nitrogens is 1. The lowest BCUT2D eigenvalue weighted by Crippen LogP contribution is -1.80. The van der Waals surface area contributed by atoms with Crippen LogP contribution in [0.25, 0.3) is 11.3 Å². The number of halogens is 1. The van der Waals surface area contributed by atoms with Crippen molar-refractivity contribution in [2.24, 2.45) is 0 Å². The van der Waals surface area contributed by atoms with Crippen molar-refractivity contribution in [3.63, 3.8) is 0 Å². The van der Waals surface area contributed by atoms with Crippen LogP contribution in [0.3, 0.4) is 0 Å². The third kappa shape index (κ3) is 1.45. The highest BCUT2D eigenvalue weighted by molar-refractivity contribution is 5.57. The summed E-state index contributed by atoms with van der Waals surface area (Å²) in [5.41, 5.74) is 1.05. The largest absolute Gasteiger partial charge is 0.356 e. The Kier molecular flexibility index (Phi) is 1.85. The monoisotopic (exact) mass is 176 g/mol. The first-order chi connectivity index (χ1) is 6.27. The molecule has 0 spiro atoms. The second-order valence-corrected chi connectivity index (χ2v) is 2.73. The van der Waals surface area contributed by atoms with Crippen LogP contribution in [0, 0.1) is 18.8 Å². The van der Waals surface area contributed by atoms with Crippen LogP contribution in [0.5, 0.6) is 0 Å². The van der Waals surface area contributed by atoms with Gasteiger partial charge in [0.25, 0.3) is 0 Å². The van der Waals surface area contributed by atoms with Crippen LogP contribution < -0.4 is 0 Å². The van der Waals surface area contributed by atoms with Crippen LogP contribution in [0.2, 0.25) is 0 Å². The number of rotatable bonds is 1. The molecule has 0 saturated heterocycles. The van der Waals surface area contributed by atoms with Crippen LogP contribution in [0.1, 0.15) is 5.69 Å². The highest BCUT2D eigenvalue weighted by Gasteiger charge is 2.08. The Bertz CT molecular complexity index is 422. The third-order valence-corrected chi connectivity index (χ3v) is 1.68. The molecule has 0 saturated carbocycles. The van der Waals surface area contributed by atoms with E-state index in [0.717, 1.165) is 5.69 Å². The standard InChI is InChI=1S/C10H7FNO/c1-7-6-10(13-12-7)8-4-2-3-5-9(8)11/h2-3,5-6H,1H3. The van der Waals surface area contributed by atoms with Gasteiger partial charge in [0.05, 0.1) is 11.3 Å². The molecule has 1 heterocycles. The summed E-state index contributed by atoms with van der Waals surface area (Å²) < 4.78 is 18.1. The van der Waals surface area contributed by atoms with Crippen molar-refractivity contribution in [1.29, 1.82) is 0 Å². The predicted octanol–water partition coefficient (Wildman–Crippen LogP) is 2.59. The van der Waals surface area contributed by atoms with Crippen molar-refractivity contribution in [2.75, 3.05) is 0 Å². The Balaban J connectivity index is 2.52. The normalized spacial score (nSPS) is 10.3. The summed E-state index contributed by atoms with van der Waals surface area (Å²) in [6.07, 6.45) is 0. The van der Waals surface area contributed by atoms with Gasteiger partial charge >= 0.3 is 0 Å². The van der Waals surface area contributed by atoms with Gasteiger partial charge in [-0.25, -0.2) is 4.39 Å². The zero-order chi connectivity index (χ0) is 9.26. The van der Waals surface area contributed by atoms with Gasteiger partial charge in [-0.2, -0.15) is 0 Å². The van der Waals surface area contributed by atoms with E-state index >= 15 is 0 Å². The number of hydrogen-bond donors (Lipinski definition) is 0. The maximum absolute atomic E-state index is 13.2. The van der Waals surface area contributed by atoms with E-state index in [0.29, 0.717) is 11.3 Å². The van der Waals surface area contributed by atoms with Crippen molar-refractivity contribution < 1.29 is 8.91 Å². The zero-order valence-electron chi connectivity index (χ0n) is 7.04. The van der Waals surface area contributed by atoms with Gasteiger partial charge < -0.3 is 4.52 Å². The van der Waals surface area contributed by atoms with E-state index in [9.17, 15) is 4.39 Å². The van der Waals surface area contributed by atoms with Crippen molar-refractivity contribution in [3.05, 3.63) is 41.8 Å². The summed E-state index contributed by atoms with van der Waals surface area (Å²) in [6, 6.07) is 9.02. The molecule has 2 aromatic rings. The molecule has 0 aliphatic carbocycles. The summed E-state index contributed by atoms with van der Waals surface area (Å²) in [7, 11) is 0. The van der Waals surface area contributed by atoms with E-state index < -0.39 is 0 Å². The van der Waals surface area contributed by atoms with Gasteiger partial charge in [-0.1, -0.05) is 17.3 Å². The van der Waals surface area contributed by atoms with Crippen molar-refractivity contribution in [2.45, 2.75) is 6.92 Å². The number of hydrogen-bond acceptors (Lipinski definition) is 2. The van der Waals surface area contributed by atoms with E-state index in [1.54, 1.807) is 25.1 Å². The molecule has 0 aliphatic heterocycles. The molecule has 1 radical (unpaired) electrons. The number of benzene rings is 1. The molecular weight excluding hydrogens is 169 g/mol. The molecule has 2 rings (SSSR count). The lowest BCUT2D eigenvalue weighted by molar-refractivity contribution is 0.425. The molecule has 0 amide bonds. The molecule has 0 atom stereocenters. The first-order valence-electron chi connectivity index (χ1n) is 3.87. The number of aryl methyl sites for hydroxylation is 1. The van der Waals surface area contributed by atoms with Crippen LogP contribution in [0.15, 0.2) is 28.8 Å². The SMILES string of the molecule is Cc1cc(-c2[c]cccc2F)on1. The van der Waals surface area contributed by atoms with Gasteiger partial charge in [0.15, 0.2) is 5.76 Å². The fraction of sp³-hybridized carbons (Fsp3) is 0.100. The van der Waals surface area contributed by atoms with Gasteiger partial charge in [0.2, 0.25) is 0 Å². The fourth-order valence-corrected chi connectivity index (χ4v) is 1.09. The minimum atomic E-state index is -0.348. The predicted molar refractivity (Wildman–Crippen MR) is 45.5 cm³/mol. The molecule has 0 N–H and O–H groups in total. The maximum Gasteiger partial charge on any atom is 0.170 e. The molecule has 1 aromatic carbocycles. The third-order valence-electron chi connectivity index (χ3n) is 1.68. The molecule has 1 aromatic heterocycles. The van der Waals surface area contributed by atoms with Gasteiger partial charge in [-0.05, 0) is 19.1 Å². The van der Waals surface area contributed by atoms with Gasteiger partial charge in [0.1, 0.15) is 5.82 Å². The smallest absolute Gasteiger partial charge is 0.170 e. The van der Waals surface area contributed by atoms with Crippen LogP contribution in [-0.4, -0.2) is 5.16 Å². The van der Waals surface area contributed by atoms with E-state index in [4.69, 9.17) is 4.52 Å². The average Bonchev–Trinajstić information content (AvgIpc) is 2.53. The fourth-order valence-electron chi connectivity index (χ4n) is 1.09. The van der Waals surface area contributed by atoms with Crippen molar-refractivity contribution in [3.8, 4) is 11.3 Å². The van der Waals surface area contributed by atoms with E-state index in [1.807, 2.05) is 0 Å². The molecule has 0 fully saturated rings. The Morgan fingerprint density at radius 3 is 3.00 bits per heavy atom. The molecule has 13 heavy (non-hydrogen) atoms. The van der Waals surface area contributed by atoms with E-state index in [1.165, 1.54) is 6.07 Å². The molecule has 0 unspecified atom stereocenters. The summed E-state index contributed by atoms with van der Waals surface area (Å²) in [5.74, 6) is 0.0641. The van der Waals surface area contributed by atoms with Gasteiger partial charge in [-0.3, -0.25) is 0 Å². The van der Waals surface area contributed by atoms with Crippen molar-refractivity contribution in [1.82, 2.24) is 5.16 Å². The van der Waals surface area contributed by atoms with Gasteiger partial charge in [0, 0.05) is 6.07 Å². The lowest BCUT2D eigenvalue weighted by atomic mass is 10.1. The maximum atomic E-state index is 13.2. The lowest BCUT2D eigenvalue weighted by Gasteiger charge is -1.94. The highest BCUT2D eigenvalue weighted by atomic mass is 19.1. The van der Waals surface area contributed by atoms with Gasteiger partial charge in [-0.15, -0.1) is 0 Å². The van der Waals surface area contributed by atoms with Crippen LogP contribution in [0.4, 0.5) is 4.39 Å². The average molecular weight is 176 g/mol. The Morgan fingerprint density at radius 1 is 1.54 bits per heavy atom. The summed E-state index contributed by atoms with van der Waals surface area (Å²) in [4.78, 5) is 0. The topological polar surface area (TPSA) is 26.0 Å². The molecule has 0 bridgehead atoms. The van der Waals surface area contributed by atoms with E-state index in [-0.39, 0.29) is 5.82 Å². The molecule has 2 nitrogen and oxygen atoms in total. The Morgan fingerprint density at radius 2 is 2.38 bits per heavy atom. The first kappa shape index (κ1) is 7.98. The molecule has 0 aliphatic rings. The second-order valence-electron chi connectivity index (χ2n) is 2.73. The minimum absolute atomic E-state index is 0.322. The van der Waals surface area contributed by atoms with Crippen molar-refractivity contribution >= 4 is 0 Å². The Labute approximate surface area is 75.0 Å².